The van der Waals surface area contributed by atoms with E-state index in [9.17, 15) is 9.59 Å². The quantitative estimate of drug-likeness (QED) is 0.785. The molecule has 2 amide bonds. The Morgan fingerprint density at radius 3 is 2.96 bits per heavy atom. The smallest absolute Gasteiger partial charge is 0.411 e. The highest BCUT2D eigenvalue weighted by Gasteiger charge is 2.55. The molecule has 4 atom stereocenters. The molecule has 0 unspecified atom stereocenters. The van der Waals surface area contributed by atoms with Gasteiger partial charge in [0.05, 0.1) is 0 Å². The van der Waals surface area contributed by atoms with Crippen molar-refractivity contribution in [3.05, 3.63) is 29.3 Å². The maximum absolute atomic E-state index is 12.6. The summed E-state index contributed by atoms with van der Waals surface area (Å²) in [5, 5.41) is 3.35. The molecular formula is C21H27ClN2O3. The van der Waals surface area contributed by atoms with Gasteiger partial charge in [-0.05, 0) is 68.6 Å². The van der Waals surface area contributed by atoms with Gasteiger partial charge in [-0.2, -0.15) is 0 Å². The lowest BCUT2D eigenvalue weighted by Gasteiger charge is -2.51. The first-order chi connectivity index (χ1) is 13.0. The third-order valence-electron chi connectivity index (χ3n) is 6.84. The van der Waals surface area contributed by atoms with Crippen LogP contribution in [-0.2, 0) is 9.53 Å². The molecule has 27 heavy (non-hydrogen) atoms. The van der Waals surface area contributed by atoms with Crippen molar-refractivity contribution in [2.75, 3.05) is 11.9 Å². The number of carbonyl (C=O) groups excluding carboxylic acids is 2. The molecule has 1 spiro atoms. The summed E-state index contributed by atoms with van der Waals surface area (Å²) in [6, 6.07) is 7.05. The molecule has 0 radical (unpaired) electrons. The van der Waals surface area contributed by atoms with Crippen molar-refractivity contribution in [1.29, 1.82) is 0 Å². The number of benzene rings is 1. The Hall–Kier alpha value is -1.75. The van der Waals surface area contributed by atoms with E-state index in [4.69, 9.17) is 16.3 Å². The fourth-order valence-corrected chi connectivity index (χ4v) is 5.86. The monoisotopic (exact) mass is 390 g/mol. The molecule has 6 heteroatoms. The lowest BCUT2D eigenvalue weighted by Crippen LogP contribution is -2.57. The lowest BCUT2D eigenvalue weighted by atomic mass is 9.64. The number of rotatable bonds is 2. The first-order valence-corrected chi connectivity index (χ1v) is 10.4. The summed E-state index contributed by atoms with van der Waals surface area (Å²) in [7, 11) is 0. The van der Waals surface area contributed by atoms with Crippen LogP contribution in [0.3, 0.4) is 0 Å². The fourth-order valence-electron chi connectivity index (χ4n) is 5.67. The van der Waals surface area contributed by atoms with Gasteiger partial charge in [0.25, 0.3) is 0 Å². The van der Waals surface area contributed by atoms with Crippen LogP contribution in [0.1, 0.15) is 51.9 Å². The molecule has 0 aromatic heterocycles. The van der Waals surface area contributed by atoms with Crippen molar-refractivity contribution in [2.45, 2.75) is 63.5 Å². The van der Waals surface area contributed by atoms with Gasteiger partial charge in [0.2, 0.25) is 5.91 Å². The zero-order chi connectivity index (χ0) is 19.0. The van der Waals surface area contributed by atoms with Gasteiger partial charge in [-0.1, -0.05) is 24.6 Å². The molecule has 1 aromatic rings. The molecule has 0 bridgehead atoms. The van der Waals surface area contributed by atoms with Gasteiger partial charge in [-0.3, -0.25) is 10.1 Å². The summed E-state index contributed by atoms with van der Waals surface area (Å²) in [6.45, 7) is 3.08. The van der Waals surface area contributed by atoms with Crippen LogP contribution in [0.25, 0.3) is 0 Å². The van der Waals surface area contributed by atoms with E-state index in [1.165, 1.54) is 0 Å². The van der Waals surface area contributed by atoms with Gasteiger partial charge < -0.3 is 9.64 Å². The first kappa shape index (κ1) is 18.6. The van der Waals surface area contributed by atoms with Crippen LogP contribution in [0.15, 0.2) is 24.3 Å². The van der Waals surface area contributed by atoms with Crippen molar-refractivity contribution in [3.8, 4) is 0 Å². The van der Waals surface area contributed by atoms with Crippen LogP contribution in [0, 0.1) is 11.8 Å². The van der Waals surface area contributed by atoms with E-state index >= 15 is 0 Å². The first-order valence-electron chi connectivity index (χ1n) is 10.0. The topological polar surface area (TPSA) is 58.6 Å². The van der Waals surface area contributed by atoms with E-state index in [-0.39, 0.29) is 17.6 Å². The van der Waals surface area contributed by atoms with Gasteiger partial charge >= 0.3 is 6.09 Å². The third kappa shape index (κ3) is 3.42. The van der Waals surface area contributed by atoms with Gasteiger partial charge in [-0.25, -0.2) is 4.79 Å². The van der Waals surface area contributed by atoms with Crippen LogP contribution < -0.4 is 5.32 Å². The van der Waals surface area contributed by atoms with E-state index in [2.05, 4.69) is 17.1 Å². The molecular weight excluding hydrogens is 364 g/mol. The van der Waals surface area contributed by atoms with Gasteiger partial charge in [0.1, 0.15) is 6.10 Å². The van der Waals surface area contributed by atoms with Crippen molar-refractivity contribution in [3.63, 3.8) is 0 Å². The maximum Gasteiger partial charge on any atom is 0.411 e. The van der Waals surface area contributed by atoms with Crippen LogP contribution >= 0.6 is 11.6 Å². The average molecular weight is 391 g/mol. The molecule has 1 saturated carbocycles. The Labute approximate surface area is 165 Å². The van der Waals surface area contributed by atoms with Crippen LogP contribution in [-0.4, -0.2) is 35.1 Å². The number of amides is 2. The number of ether oxygens (including phenoxy) is 1. The van der Waals surface area contributed by atoms with Crippen molar-refractivity contribution < 1.29 is 14.3 Å². The molecule has 146 valence electrons. The highest BCUT2D eigenvalue weighted by atomic mass is 35.5. The van der Waals surface area contributed by atoms with E-state index in [0.717, 1.165) is 45.1 Å². The van der Waals surface area contributed by atoms with E-state index in [1.807, 2.05) is 0 Å². The normalized spacial score (nSPS) is 33.0. The molecule has 1 aromatic carbocycles. The van der Waals surface area contributed by atoms with E-state index < -0.39 is 6.09 Å². The Kier molecular flexibility index (Phi) is 5.06. The second-order valence-electron chi connectivity index (χ2n) is 8.23. The lowest BCUT2D eigenvalue weighted by molar-refractivity contribution is -0.140. The standard InChI is InChI=1S/C21H27ClN2O3/c1-14-17-7-3-8-19(25)24-12-4-10-21(17,24)11-9-18(14)27-20(26)23-16-6-2-5-15(22)13-16/h2,5-6,13-14,17-18H,3-4,7-12H2,1H3,(H,23,26)/t14-,17+,18+,21-/m1/s1. The summed E-state index contributed by atoms with van der Waals surface area (Å²) in [5.41, 5.74) is 0.630. The maximum atomic E-state index is 12.6. The summed E-state index contributed by atoms with van der Waals surface area (Å²) < 4.78 is 5.81. The van der Waals surface area contributed by atoms with E-state index in [1.54, 1.807) is 24.3 Å². The highest BCUT2D eigenvalue weighted by Crippen LogP contribution is 2.52. The fraction of sp³-hybridized carbons (Fsp3) is 0.619. The number of hydrogen-bond acceptors (Lipinski definition) is 3. The minimum Gasteiger partial charge on any atom is -0.446 e. The molecule has 2 aliphatic heterocycles. The largest absolute Gasteiger partial charge is 0.446 e. The molecule has 3 fully saturated rings. The van der Waals surface area contributed by atoms with E-state index in [0.29, 0.717) is 29.0 Å². The number of hydrogen-bond donors (Lipinski definition) is 1. The molecule has 4 rings (SSSR count). The second-order valence-corrected chi connectivity index (χ2v) is 8.66. The SMILES string of the molecule is C[C@H]1[C@@H](OC(=O)Nc2cccc(Cl)c2)CC[C@@]23CCCN2C(=O)CCC[C@@H]13. The number of anilines is 1. The summed E-state index contributed by atoms with van der Waals surface area (Å²) in [4.78, 5) is 27.1. The summed E-state index contributed by atoms with van der Waals surface area (Å²) in [5.74, 6) is 0.972. The molecule has 5 nitrogen and oxygen atoms in total. The Morgan fingerprint density at radius 1 is 1.30 bits per heavy atom. The predicted octanol–water partition coefficient (Wildman–Crippen LogP) is 4.85. The number of nitrogens with one attached hydrogen (secondary N) is 1. The minimum absolute atomic E-state index is 0.00368. The highest BCUT2D eigenvalue weighted by molar-refractivity contribution is 6.30. The second kappa shape index (κ2) is 7.34. The van der Waals surface area contributed by atoms with Crippen LogP contribution in [0.2, 0.25) is 5.02 Å². The number of nitrogens with zero attached hydrogens (tertiary/aromatic N) is 1. The van der Waals surface area contributed by atoms with Gasteiger partial charge in [0, 0.05) is 29.2 Å². The Morgan fingerprint density at radius 2 is 2.15 bits per heavy atom. The Balaban J connectivity index is 1.45. The average Bonchev–Trinajstić information content (AvgIpc) is 2.99. The zero-order valence-corrected chi connectivity index (χ0v) is 16.5. The van der Waals surface area contributed by atoms with Gasteiger partial charge in [-0.15, -0.1) is 0 Å². The zero-order valence-electron chi connectivity index (χ0n) is 15.7. The summed E-state index contributed by atoms with van der Waals surface area (Å²) >= 11 is 5.97. The van der Waals surface area contributed by atoms with Crippen LogP contribution in [0.5, 0.6) is 0 Å². The molecule has 2 heterocycles. The Bertz CT molecular complexity index is 740. The predicted molar refractivity (Wildman–Crippen MR) is 105 cm³/mol. The van der Waals surface area contributed by atoms with Crippen molar-refractivity contribution in [2.24, 2.45) is 11.8 Å². The number of halogens is 1. The van der Waals surface area contributed by atoms with Gasteiger partial charge in [0.15, 0.2) is 0 Å². The third-order valence-corrected chi connectivity index (χ3v) is 7.07. The molecule has 1 aliphatic carbocycles. The minimum atomic E-state index is -0.432. The van der Waals surface area contributed by atoms with Crippen molar-refractivity contribution in [1.82, 2.24) is 4.90 Å². The molecule has 3 aliphatic rings. The van der Waals surface area contributed by atoms with Crippen molar-refractivity contribution >= 4 is 29.3 Å². The number of carbonyl (C=O) groups is 2. The molecule has 1 N–H and O–H groups in total. The summed E-state index contributed by atoms with van der Waals surface area (Å²) in [6.07, 6.45) is 6.02. The molecule has 2 saturated heterocycles. The van der Waals surface area contributed by atoms with Crippen LogP contribution in [0.4, 0.5) is 10.5 Å².